The number of carboxylic acid groups (broad SMARTS) is 1. The van der Waals surface area contributed by atoms with Crippen LogP contribution in [0.1, 0.15) is 22.3 Å². The van der Waals surface area contributed by atoms with Gasteiger partial charge in [-0.15, -0.1) is 0 Å². The number of nitrogens with zero attached hydrogens (tertiary/aromatic N) is 1. The lowest BCUT2D eigenvalue weighted by molar-refractivity contribution is -0.136. The van der Waals surface area contributed by atoms with Gasteiger partial charge in [0.2, 0.25) is 0 Å². The fourth-order valence-corrected chi connectivity index (χ4v) is 3.64. The minimum atomic E-state index is -1.09. The molecule has 1 aromatic heterocycles. The molecule has 0 radical (unpaired) electrons. The fourth-order valence-electron chi connectivity index (χ4n) is 2.62. The predicted octanol–water partition coefficient (Wildman–Crippen LogP) is 4.37. The number of aromatic nitrogens is 1. The SMILES string of the molecule is N#Cc1cc(-c2ccccc2)[nH]c1SC(CC(=O)c1ccccc1)C(=O)O. The summed E-state index contributed by atoms with van der Waals surface area (Å²) >= 11 is 0.988. The number of ketones is 1. The number of thioether (sulfide) groups is 1. The fraction of sp³-hybridized carbons (Fsp3) is 0.0952. The van der Waals surface area contributed by atoms with E-state index in [2.05, 4.69) is 11.1 Å². The third kappa shape index (κ3) is 4.46. The topological polar surface area (TPSA) is 94.0 Å². The van der Waals surface area contributed by atoms with E-state index in [1.807, 2.05) is 30.3 Å². The number of rotatable bonds is 7. The molecule has 5 nitrogen and oxygen atoms in total. The first-order valence-electron chi connectivity index (χ1n) is 8.24. The molecule has 3 aromatic rings. The summed E-state index contributed by atoms with van der Waals surface area (Å²) in [6.07, 6.45) is -0.158. The molecule has 6 heteroatoms. The summed E-state index contributed by atoms with van der Waals surface area (Å²) in [6, 6.07) is 21.8. The van der Waals surface area contributed by atoms with E-state index < -0.39 is 11.2 Å². The number of Topliss-reactive ketones (excluding diaryl/α,β-unsaturated/α-hetero) is 1. The van der Waals surface area contributed by atoms with Crippen LogP contribution in [0.5, 0.6) is 0 Å². The number of aliphatic carboxylic acids is 1. The molecule has 0 amide bonds. The second-order valence-electron chi connectivity index (χ2n) is 5.84. The largest absolute Gasteiger partial charge is 0.480 e. The Morgan fingerprint density at radius 1 is 1.07 bits per heavy atom. The minimum absolute atomic E-state index is 0.158. The van der Waals surface area contributed by atoms with Crippen molar-refractivity contribution in [3.05, 3.63) is 77.9 Å². The summed E-state index contributed by atoms with van der Waals surface area (Å²) in [4.78, 5) is 27.2. The molecule has 1 unspecified atom stereocenters. The van der Waals surface area contributed by atoms with Crippen LogP contribution in [0.15, 0.2) is 71.8 Å². The number of aromatic amines is 1. The molecule has 1 atom stereocenters. The van der Waals surface area contributed by atoms with Crippen LogP contribution in [0.4, 0.5) is 0 Å². The predicted molar refractivity (Wildman–Crippen MR) is 104 cm³/mol. The Kier molecular flexibility index (Phi) is 5.74. The number of nitrogens with one attached hydrogen (secondary N) is 1. The first-order chi connectivity index (χ1) is 13.1. The van der Waals surface area contributed by atoms with Crippen LogP contribution in [0.3, 0.4) is 0 Å². The molecular weight excluding hydrogens is 360 g/mol. The number of carboxylic acids is 1. The van der Waals surface area contributed by atoms with Gasteiger partial charge in [0.1, 0.15) is 11.3 Å². The Labute approximate surface area is 160 Å². The molecule has 134 valence electrons. The summed E-state index contributed by atoms with van der Waals surface area (Å²) in [5.74, 6) is -1.34. The highest BCUT2D eigenvalue weighted by atomic mass is 32.2. The van der Waals surface area contributed by atoms with Crippen LogP contribution in [0, 0.1) is 11.3 Å². The van der Waals surface area contributed by atoms with Gasteiger partial charge in [-0.05, 0) is 11.6 Å². The van der Waals surface area contributed by atoms with Gasteiger partial charge in [-0.1, -0.05) is 72.4 Å². The second-order valence-corrected chi connectivity index (χ2v) is 7.05. The molecule has 3 rings (SSSR count). The van der Waals surface area contributed by atoms with Crippen LogP contribution in [0.2, 0.25) is 0 Å². The van der Waals surface area contributed by atoms with Crippen molar-refractivity contribution in [2.75, 3.05) is 0 Å². The van der Waals surface area contributed by atoms with Crippen LogP contribution in [-0.2, 0) is 4.79 Å². The third-order valence-electron chi connectivity index (χ3n) is 3.99. The van der Waals surface area contributed by atoms with E-state index in [0.717, 1.165) is 23.0 Å². The molecule has 0 aliphatic carbocycles. The van der Waals surface area contributed by atoms with Crippen LogP contribution in [-0.4, -0.2) is 27.1 Å². The van der Waals surface area contributed by atoms with E-state index in [1.54, 1.807) is 36.4 Å². The molecule has 0 bridgehead atoms. The number of H-pyrrole nitrogens is 1. The molecule has 27 heavy (non-hydrogen) atoms. The molecule has 0 fully saturated rings. The van der Waals surface area contributed by atoms with Crippen molar-refractivity contribution < 1.29 is 14.7 Å². The van der Waals surface area contributed by atoms with Crippen LogP contribution in [0.25, 0.3) is 11.3 Å². The van der Waals surface area contributed by atoms with Crippen molar-refractivity contribution in [2.24, 2.45) is 0 Å². The summed E-state index contributed by atoms with van der Waals surface area (Å²) < 4.78 is 0. The smallest absolute Gasteiger partial charge is 0.317 e. The van der Waals surface area contributed by atoms with Crippen LogP contribution < -0.4 is 0 Å². The molecule has 0 saturated heterocycles. The lowest BCUT2D eigenvalue weighted by Crippen LogP contribution is -2.20. The highest BCUT2D eigenvalue weighted by Crippen LogP contribution is 2.32. The van der Waals surface area contributed by atoms with E-state index in [1.165, 1.54) is 0 Å². The van der Waals surface area contributed by atoms with Gasteiger partial charge in [0.15, 0.2) is 5.78 Å². The lowest BCUT2D eigenvalue weighted by atomic mass is 10.1. The lowest BCUT2D eigenvalue weighted by Gasteiger charge is -2.11. The first-order valence-corrected chi connectivity index (χ1v) is 9.12. The molecule has 0 aliphatic heterocycles. The maximum Gasteiger partial charge on any atom is 0.317 e. The van der Waals surface area contributed by atoms with Crippen molar-refractivity contribution in [1.29, 1.82) is 5.26 Å². The first kappa shape index (κ1) is 18.5. The molecule has 2 N–H and O–H groups in total. The zero-order valence-corrected chi connectivity index (χ0v) is 15.1. The maximum absolute atomic E-state index is 12.4. The summed E-state index contributed by atoms with van der Waals surface area (Å²) in [6.45, 7) is 0. The monoisotopic (exact) mass is 376 g/mol. The van der Waals surface area contributed by atoms with Crippen molar-refractivity contribution in [3.8, 4) is 17.3 Å². The maximum atomic E-state index is 12.4. The number of hydrogen-bond acceptors (Lipinski definition) is 4. The van der Waals surface area contributed by atoms with Crippen LogP contribution >= 0.6 is 11.8 Å². The van der Waals surface area contributed by atoms with Crippen molar-refractivity contribution >= 4 is 23.5 Å². The van der Waals surface area contributed by atoms with E-state index in [9.17, 15) is 20.0 Å². The van der Waals surface area contributed by atoms with Crippen molar-refractivity contribution in [3.63, 3.8) is 0 Å². The summed E-state index contributed by atoms with van der Waals surface area (Å²) in [5, 5.41) is 18.4. The minimum Gasteiger partial charge on any atom is -0.480 e. The van der Waals surface area contributed by atoms with Gasteiger partial charge >= 0.3 is 5.97 Å². The Balaban J connectivity index is 1.83. The van der Waals surface area contributed by atoms with Gasteiger partial charge in [0, 0.05) is 17.7 Å². The number of nitriles is 1. The quantitative estimate of drug-likeness (QED) is 0.472. The van der Waals surface area contributed by atoms with Gasteiger partial charge in [0.25, 0.3) is 0 Å². The van der Waals surface area contributed by atoms with E-state index in [-0.39, 0.29) is 12.2 Å². The summed E-state index contributed by atoms with van der Waals surface area (Å²) in [7, 11) is 0. The number of hydrogen-bond donors (Lipinski definition) is 2. The highest BCUT2D eigenvalue weighted by Gasteiger charge is 2.25. The second kappa shape index (κ2) is 8.39. The number of carbonyl (C=O) groups is 2. The molecule has 0 spiro atoms. The number of carbonyl (C=O) groups excluding carboxylic acids is 1. The third-order valence-corrected chi connectivity index (χ3v) is 5.20. The Morgan fingerprint density at radius 3 is 2.30 bits per heavy atom. The van der Waals surface area contributed by atoms with E-state index in [0.29, 0.717) is 16.2 Å². The van der Waals surface area contributed by atoms with Gasteiger partial charge in [-0.25, -0.2) is 0 Å². The van der Waals surface area contributed by atoms with E-state index >= 15 is 0 Å². The standard InChI is InChI=1S/C21H16N2O3S/c22-13-16-11-17(14-7-3-1-4-8-14)23-20(16)27-19(21(25)26)12-18(24)15-9-5-2-6-10-15/h1-11,19,23H,12H2,(H,25,26). The molecule has 0 saturated carbocycles. The molecular formula is C21H16N2O3S. The summed E-state index contributed by atoms with van der Waals surface area (Å²) in [5.41, 5.74) is 2.46. The van der Waals surface area contributed by atoms with Gasteiger partial charge in [-0.3, -0.25) is 9.59 Å². The highest BCUT2D eigenvalue weighted by molar-refractivity contribution is 8.00. The van der Waals surface area contributed by atoms with Gasteiger partial charge < -0.3 is 10.1 Å². The number of benzene rings is 2. The Hall–Kier alpha value is -3.30. The van der Waals surface area contributed by atoms with Crippen molar-refractivity contribution in [1.82, 2.24) is 4.98 Å². The Bertz CT molecular complexity index is 991. The Morgan fingerprint density at radius 2 is 1.70 bits per heavy atom. The molecule has 2 aromatic carbocycles. The van der Waals surface area contributed by atoms with Gasteiger partial charge in [0.05, 0.1) is 10.6 Å². The average molecular weight is 376 g/mol. The van der Waals surface area contributed by atoms with E-state index in [4.69, 9.17) is 0 Å². The zero-order chi connectivity index (χ0) is 19.2. The normalized spacial score (nSPS) is 11.5. The zero-order valence-electron chi connectivity index (χ0n) is 14.3. The van der Waals surface area contributed by atoms with Crippen molar-refractivity contribution in [2.45, 2.75) is 16.7 Å². The average Bonchev–Trinajstić information content (AvgIpc) is 3.11. The van der Waals surface area contributed by atoms with Gasteiger partial charge in [-0.2, -0.15) is 5.26 Å². The molecule has 0 aliphatic rings. The molecule has 1 heterocycles.